The third kappa shape index (κ3) is 5.23. The first kappa shape index (κ1) is 24.0. The van der Waals surface area contributed by atoms with Gasteiger partial charge in [-0.15, -0.1) is 0 Å². The number of carbonyl (C=O) groups is 1. The summed E-state index contributed by atoms with van der Waals surface area (Å²) in [4.78, 5) is 17.6. The van der Waals surface area contributed by atoms with Crippen LogP contribution in [0.1, 0.15) is 63.7 Å². The van der Waals surface area contributed by atoms with Crippen molar-refractivity contribution in [3.8, 4) is 5.75 Å². The molecule has 0 aromatic heterocycles. The van der Waals surface area contributed by atoms with Crippen LogP contribution in [0.3, 0.4) is 0 Å². The predicted molar refractivity (Wildman–Crippen MR) is 122 cm³/mol. The number of amides is 1. The number of nitrogens with zero attached hydrogens (tertiary/aromatic N) is 3. The molecular formula is C23H37N3O4S. The summed E-state index contributed by atoms with van der Waals surface area (Å²) in [7, 11) is -2.28. The Morgan fingerprint density at radius 1 is 1.03 bits per heavy atom. The Labute approximate surface area is 187 Å². The minimum absolute atomic E-state index is 0.0585. The lowest BCUT2D eigenvalue weighted by atomic mass is 10.1. The molecule has 0 spiro atoms. The van der Waals surface area contributed by atoms with Gasteiger partial charge >= 0.3 is 0 Å². The molecule has 174 valence electrons. The molecule has 0 N–H and O–H groups in total. The molecule has 8 heteroatoms. The highest BCUT2D eigenvalue weighted by Crippen LogP contribution is 2.32. The third-order valence-corrected chi connectivity index (χ3v) is 8.51. The van der Waals surface area contributed by atoms with Gasteiger partial charge in [-0.05, 0) is 65.2 Å². The number of benzene rings is 1. The number of hydrogen-bond acceptors (Lipinski definition) is 5. The van der Waals surface area contributed by atoms with Crippen molar-refractivity contribution in [2.45, 2.75) is 69.9 Å². The average molecular weight is 452 g/mol. The molecule has 0 saturated carbocycles. The number of carbonyl (C=O) groups excluding carboxylic acids is 1. The highest BCUT2D eigenvalue weighted by molar-refractivity contribution is 7.89. The molecule has 2 aliphatic heterocycles. The maximum Gasteiger partial charge on any atom is 0.253 e. The zero-order valence-corrected chi connectivity index (χ0v) is 20.4. The Kier molecular flexibility index (Phi) is 7.33. The molecule has 1 unspecified atom stereocenters. The summed E-state index contributed by atoms with van der Waals surface area (Å²) < 4.78 is 33.8. The first-order valence-corrected chi connectivity index (χ1v) is 12.7. The fourth-order valence-electron chi connectivity index (χ4n) is 4.54. The van der Waals surface area contributed by atoms with Crippen LogP contribution < -0.4 is 4.74 Å². The lowest BCUT2D eigenvalue weighted by molar-refractivity contribution is 0.0749. The molecule has 2 fully saturated rings. The number of methoxy groups -OCH3 is 1. The number of rotatable bonds is 4. The van der Waals surface area contributed by atoms with Crippen LogP contribution in [0, 0.1) is 0 Å². The lowest BCUT2D eigenvalue weighted by Crippen LogP contribution is -2.44. The van der Waals surface area contributed by atoms with E-state index in [0.717, 1.165) is 38.8 Å². The number of hydrogen-bond donors (Lipinski definition) is 0. The maximum absolute atomic E-state index is 13.5. The van der Waals surface area contributed by atoms with E-state index in [1.807, 2.05) is 11.8 Å². The molecule has 0 bridgehead atoms. The van der Waals surface area contributed by atoms with E-state index in [0.29, 0.717) is 25.2 Å². The van der Waals surface area contributed by atoms with E-state index in [4.69, 9.17) is 4.74 Å². The van der Waals surface area contributed by atoms with Crippen molar-refractivity contribution in [2.24, 2.45) is 0 Å². The van der Waals surface area contributed by atoms with Crippen molar-refractivity contribution in [3.05, 3.63) is 23.8 Å². The van der Waals surface area contributed by atoms with Crippen LogP contribution in [0.25, 0.3) is 0 Å². The third-order valence-electron chi connectivity index (χ3n) is 6.47. The van der Waals surface area contributed by atoms with E-state index < -0.39 is 10.0 Å². The SMILES string of the molecule is COc1ccc(C(=O)N2CCCN(C(C)(C)C)CC2)cc1S(=O)(=O)N1CCCCC1C. The minimum Gasteiger partial charge on any atom is -0.495 e. The molecule has 7 nitrogen and oxygen atoms in total. The van der Waals surface area contributed by atoms with Crippen molar-refractivity contribution in [2.75, 3.05) is 39.8 Å². The Hall–Kier alpha value is -1.64. The van der Waals surface area contributed by atoms with Crippen LogP contribution in [0.4, 0.5) is 0 Å². The van der Waals surface area contributed by atoms with Gasteiger partial charge in [-0.1, -0.05) is 6.42 Å². The van der Waals surface area contributed by atoms with Gasteiger partial charge in [0, 0.05) is 49.9 Å². The summed E-state index contributed by atoms with van der Waals surface area (Å²) in [6, 6.07) is 4.72. The Morgan fingerprint density at radius 3 is 2.42 bits per heavy atom. The molecule has 1 aromatic rings. The van der Waals surface area contributed by atoms with Crippen molar-refractivity contribution < 1.29 is 17.9 Å². The first-order valence-electron chi connectivity index (χ1n) is 11.3. The van der Waals surface area contributed by atoms with Gasteiger partial charge in [0.1, 0.15) is 10.6 Å². The fraction of sp³-hybridized carbons (Fsp3) is 0.696. The van der Waals surface area contributed by atoms with E-state index in [1.54, 1.807) is 16.4 Å². The van der Waals surface area contributed by atoms with Gasteiger partial charge in [0.2, 0.25) is 10.0 Å². The van der Waals surface area contributed by atoms with Gasteiger partial charge in [0.15, 0.2) is 0 Å². The van der Waals surface area contributed by atoms with E-state index in [9.17, 15) is 13.2 Å². The molecule has 1 aromatic carbocycles. The van der Waals surface area contributed by atoms with Gasteiger partial charge in [0.25, 0.3) is 5.91 Å². The lowest BCUT2D eigenvalue weighted by Gasteiger charge is -2.34. The maximum atomic E-state index is 13.5. The Bertz CT molecular complexity index is 895. The first-order chi connectivity index (χ1) is 14.6. The summed E-state index contributed by atoms with van der Waals surface area (Å²) in [5.41, 5.74) is 0.458. The normalized spacial score (nSPS) is 22.2. The van der Waals surface area contributed by atoms with Crippen LogP contribution in [0.2, 0.25) is 0 Å². The summed E-state index contributed by atoms with van der Waals surface area (Å²) in [5.74, 6) is 0.158. The van der Waals surface area contributed by atoms with Gasteiger partial charge in [-0.25, -0.2) is 8.42 Å². The van der Waals surface area contributed by atoms with E-state index >= 15 is 0 Å². The molecule has 0 radical (unpaired) electrons. The van der Waals surface area contributed by atoms with Crippen LogP contribution >= 0.6 is 0 Å². The Balaban J connectivity index is 1.87. The summed E-state index contributed by atoms with van der Waals surface area (Å²) in [6.07, 6.45) is 3.62. The molecule has 0 aliphatic carbocycles. The molecule has 1 atom stereocenters. The number of piperidine rings is 1. The second-order valence-corrected chi connectivity index (χ2v) is 11.5. The van der Waals surface area contributed by atoms with E-state index in [-0.39, 0.29) is 28.1 Å². The van der Waals surface area contributed by atoms with Gasteiger partial charge in [0.05, 0.1) is 7.11 Å². The van der Waals surface area contributed by atoms with E-state index in [2.05, 4.69) is 25.7 Å². The fourth-order valence-corrected chi connectivity index (χ4v) is 6.42. The van der Waals surface area contributed by atoms with Crippen LogP contribution in [0.5, 0.6) is 5.75 Å². The highest BCUT2D eigenvalue weighted by Gasteiger charge is 2.34. The minimum atomic E-state index is -3.75. The van der Waals surface area contributed by atoms with Gasteiger partial charge < -0.3 is 9.64 Å². The highest BCUT2D eigenvalue weighted by atomic mass is 32.2. The summed E-state index contributed by atoms with van der Waals surface area (Å²) in [6.45, 7) is 12.1. The van der Waals surface area contributed by atoms with Crippen LogP contribution in [-0.2, 0) is 10.0 Å². The van der Waals surface area contributed by atoms with Crippen molar-refractivity contribution in [1.82, 2.24) is 14.1 Å². The summed E-state index contributed by atoms with van der Waals surface area (Å²) in [5, 5.41) is 0. The number of sulfonamides is 1. The van der Waals surface area contributed by atoms with Crippen LogP contribution in [-0.4, -0.2) is 79.8 Å². The quantitative estimate of drug-likeness (QED) is 0.703. The standard InChI is InChI=1S/C23H37N3O4S/c1-18-9-6-7-14-26(18)31(28,29)21-17-19(10-11-20(21)30-5)22(27)24-12-8-13-25(16-15-24)23(2,3)4/h10-11,17-18H,6-9,12-16H2,1-5H3. The Morgan fingerprint density at radius 2 is 1.77 bits per heavy atom. The van der Waals surface area contributed by atoms with E-state index in [1.165, 1.54) is 13.2 Å². The molecule has 3 rings (SSSR count). The molecule has 2 aliphatic rings. The molecular weight excluding hydrogens is 414 g/mol. The van der Waals surface area contributed by atoms with Crippen LogP contribution in [0.15, 0.2) is 23.1 Å². The van der Waals surface area contributed by atoms with Crippen molar-refractivity contribution in [3.63, 3.8) is 0 Å². The molecule has 31 heavy (non-hydrogen) atoms. The second-order valence-electron chi connectivity index (χ2n) is 9.63. The molecule has 1 amide bonds. The molecule has 2 saturated heterocycles. The van der Waals surface area contributed by atoms with Crippen molar-refractivity contribution in [1.29, 1.82) is 0 Å². The largest absolute Gasteiger partial charge is 0.495 e. The van der Waals surface area contributed by atoms with Gasteiger partial charge in [-0.2, -0.15) is 4.31 Å². The smallest absolute Gasteiger partial charge is 0.253 e. The number of ether oxygens (including phenoxy) is 1. The topological polar surface area (TPSA) is 70.2 Å². The zero-order valence-electron chi connectivity index (χ0n) is 19.6. The summed E-state index contributed by atoms with van der Waals surface area (Å²) >= 11 is 0. The predicted octanol–water partition coefficient (Wildman–Crippen LogP) is 3.20. The monoisotopic (exact) mass is 451 g/mol. The second kappa shape index (κ2) is 9.46. The van der Waals surface area contributed by atoms with Gasteiger partial charge in [-0.3, -0.25) is 9.69 Å². The zero-order chi connectivity index (χ0) is 22.8. The molecule has 2 heterocycles. The van der Waals surface area contributed by atoms with Crippen molar-refractivity contribution >= 4 is 15.9 Å². The average Bonchev–Trinajstić information content (AvgIpc) is 2.99.